The topological polar surface area (TPSA) is 83.6 Å². The van der Waals surface area contributed by atoms with Gasteiger partial charge >= 0.3 is 0 Å². The highest BCUT2D eigenvalue weighted by atomic mass is 32.1. The number of thiophene rings is 1. The highest BCUT2D eigenvalue weighted by molar-refractivity contribution is 7.09. The fourth-order valence-corrected chi connectivity index (χ4v) is 2.78. The first kappa shape index (κ1) is 14.3. The van der Waals surface area contributed by atoms with E-state index in [1.165, 1.54) is 23.5 Å². The number of tetrazole rings is 1. The minimum absolute atomic E-state index is 0.132. The second kappa shape index (κ2) is 6.44. The van der Waals surface area contributed by atoms with Crippen molar-refractivity contribution in [1.82, 2.24) is 20.6 Å². The maximum absolute atomic E-state index is 13.7. The second-order valence-corrected chi connectivity index (χ2v) is 5.61. The number of hydrogen-bond acceptors (Lipinski definition) is 5. The van der Waals surface area contributed by atoms with Crippen molar-refractivity contribution in [3.05, 3.63) is 58.3 Å². The highest BCUT2D eigenvalue weighted by Crippen LogP contribution is 2.23. The van der Waals surface area contributed by atoms with Gasteiger partial charge in [-0.05, 0) is 23.6 Å². The monoisotopic (exact) mass is 317 g/mol. The number of anilines is 1. The summed E-state index contributed by atoms with van der Waals surface area (Å²) in [7, 11) is 0. The Labute approximate surface area is 129 Å². The number of aromatic amines is 1. The van der Waals surface area contributed by atoms with Crippen molar-refractivity contribution in [1.29, 1.82) is 0 Å². The van der Waals surface area contributed by atoms with Crippen molar-refractivity contribution in [3.63, 3.8) is 0 Å². The standard InChI is InChI=1S/C14H12FN5OS/c15-11-5-1-2-6-12(11)16-14(21)10(13-17-19-20-18-13)8-9-4-3-7-22-9/h1-7,10H,8H2,(H,16,21)(H,17,18,19,20)/t10-/m1/s1. The summed E-state index contributed by atoms with van der Waals surface area (Å²) in [5, 5.41) is 18.1. The molecule has 6 nitrogen and oxygen atoms in total. The summed E-state index contributed by atoms with van der Waals surface area (Å²) in [5.74, 6) is -1.22. The molecule has 8 heteroatoms. The van der Waals surface area contributed by atoms with E-state index < -0.39 is 11.7 Å². The van der Waals surface area contributed by atoms with Gasteiger partial charge in [0.05, 0.1) is 5.69 Å². The summed E-state index contributed by atoms with van der Waals surface area (Å²) in [4.78, 5) is 13.5. The van der Waals surface area contributed by atoms with Gasteiger partial charge in [0.15, 0.2) is 5.82 Å². The third kappa shape index (κ3) is 3.17. The molecule has 0 bridgehead atoms. The number of amides is 1. The van der Waals surface area contributed by atoms with Crippen LogP contribution in [0.3, 0.4) is 0 Å². The molecule has 3 rings (SSSR count). The molecule has 1 aromatic carbocycles. The summed E-state index contributed by atoms with van der Waals surface area (Å²) in [5.41, 5.74) is 0.132. The van der Waals surface area contributed by atoms with Crippen LogP contribution >= 0.6 is 11.3 Å². The lowest BCUT2D eigenvalue weighted by Gasteiger charge is -2.13. The van der Waals surface area contributed by atoms with Crippen LogP contribution in [0.15, 0.2) is 41.8 Å². The van der Waals surface area contributed by atoms with Gasteiger partial charge in [-0.2, -0.15) is 5.21 Å². The van der Waals surface area contributed by atoms with Crippen molar-refractivity contribution in [2.75, 3.05) is 5.32 Å². The van der Waals surface area contributed by atoms with Gasteiger partial charge in [-0.25, -0.2) is 4.39 Å². The molecule has 0 fully saturated rings. The van der Waals surface area contributed by atoms with Crippen molar-refractivity contribution >= 4 is 22.9 Å². The van der Waals surface area contributed by atoms with Crippen LogP contribution in [0.1, 0.15) is 16.6 Å². The molecule has 1 atom stereocenters. The molecule has 22 heavy (non-hydrogen) atoms. The summed E-state index contributed by atoms with van der Waals surface area (Å²) in [6, 6.07) is 9.84. The molecule has 2 heterocycles. The number of hydrogen-bond donors (Lipinski definition) is 2. The lowest BCUT2D eigenvalue weighted by molar-refractivity contribution is -0.117. The zero-order valence-corrected chi connectivity index (χ0v) is 12.2. The normalized spacial score (nSPS) is 12.0. The fraction of sp³-hybridized carbons (Fsp3) is 0.143. The minimum Gasteiger partial charge on any atom is -0.323 e. The van der Waals surface area contributed by atoms with Crippen LogP contribution in [-0.4, -0.2) is 26.5 Å². The zero-order valence-electron chi connectivity index (χ0n) is 11.4. The van der Waals surface area contributed by atoms with Crippen molar-refractivity contribution < 1.29 is 9.18 Å². The van der Waals surface area contributed by atoms with Gasteiger partial charge in [0.25, 0.3) is 0 Å². The molecule has 0 saturated carbocycles. The number of carbonyl (C=O) groups excluding carboxylic acids is 1. The van der Waals surface area contributed by atoms with Gasteiger partial charge in [0.1, 0.15) is 11.7 Å². The van der Waals surface area contributed by atoms with E-state index in [9.17, 15) is 9.18 Å². The van der Waals surface area contributed by atoms with Crippen LogP contribution in [-0.2, 0) is 11.2 Å². The molecular weight excluding hydrogens is 305 g/mol. The summed E-state index contributed by atoms with van der Waals surface area (Å²) in [6.45, 7) is 0. The van der Waals surface area contributed by atoms with Crippen molar-refractivity contribution in [2.45, 2.75) is 12.3 Å². The quantitative estimate of drug-likeness (QED) is 0.756. The number of carbonyl (C=O) groups is 1. The second-order valence-electron chi connectivity index (χ2n) is 4.58. The number of para-hydroxylation sites is 1. The molecule has 3 aromatic rings. The summed E-state index contributed by atoms with van der Waals surface area (Å²) in [6.07, 6.45) is 0.428. The molecule has 2 N–H and O–H groups in total. The molecule has 0 aliphatic rings. The largest absolute Gasteiger partial charge is 0.323 e. The fourth-order valence-electron chi connectivity index (χ4n) is 2.03. The molecule has 1 amide bonds. The molecule has 112 valence electrons. The summed E-state index contributed by atoms with van der Waals surface area (Å²) >= 11 is 1.54. The van der Waals surface area contributed by atoms with Gasteiger partial charge in [-0.1, -0.05) is 23.4 Å². The first-order valence-corrected chi connectivity index (χ1v) is 7.43. The predicted octanol–water partition coefficient (Wildman–Crippen LogP) is 2.37. The number of aromatic nitrogens is 4. The maximum Gasteiger partial charge on any atom is 0.235 e. The SMILES string of the molecule is O=C(Nc1ccccc1F)[C@H](Cc1cccs1)c1nn[nH]n1. The van der Waals surface area contributed by atoms with Gasteiger partial charge in [-0.3, -0.25) is 4.79 Å². The van der Waals surface area contributed by atoms with E-state index in [4.69, 9.17) is 0 Å². The number of rotatable bonds is 5. The first-order valence-electron chi connectivity index (χ1n) is 6.55. The lowest BCUT2D eigenvalue weighted by Crippen LogP contribution is -2.24. The van der Waals surface area contributed by atoms with Gasteiger partial charge in [0, 0.05) is 11.3 Å². The van der Waals surface area contributed by atoms with E-state index in [1.54, 1.807) is 12.1 Å². The van der Waals surface area contributed by atoms with Crippen LogP contribution in [0.2, 0.25) is 0 Å². The van der Waals surface area contributed by atoms with Gasteiger partial charge in [0.2, 0.25) is 5.91 Å². The average molecular weight is 317 g/mol. The Kier molecular flexibility index (Phi) is 4.19. The smallest absolute Gasteiger partial charge is 0.235 e. The van der Waals surface area contributed by atoms with E-state index in [1.807, 2.05) is 17.5 Å². The van der Waals surface area contributed by atoms with Crippen molar-refractivity contribution in [3.8, 4) is 0 Å². The Morgan fingerprint density at radius 3 is 2.86 bits per heavy atom. The van der Waals surface area contributed by atoms with Crippen LogP contribution in [0.5, 0.6) is 0 Å². The van der Waals surface area contributed by atoms with E-state index in [0.717, 1.165) is 4.88 Å². The third-order valence-electron chi connectivity index (χ3n) is 3.11. The third-order valence-corrected chi connectivity index (χ3v) is 4.01. The number of benzene rings is 1. The first-order chi connectivity index (χ1) is 10.7. The van der Waals surface area contributed by atoms with Gasteiger partial charge in [-0.15, -0.1) is 21.5 Å². The molecule has 0 unspecified atom stereocenters. The predicted molar refractivity (Wildman–Crippen MR) is 80.0 cm³/mol. The van der Waals surface area contributed by atoms with Crippen LogP contribution in [0, 0.1) is 5.82 Å². The molecule has 0 saturated heterocycles. The van der Waals surface area contributed by atoms with E-state index in [2.05, 4.69) is 25.9 Å². The molecule has 2 aromatic heterocycles. The van der Waals surface area contributed by atoms with E-state index in [0.29, 0.717) is 6.42 Å². The molecule has 0 radical (unpaired) electrons. The Bertz CT molecular complexity index is 744. The Balaban J connectivity index is 1.82. The molecule has 0 spiro atoms. The minimum atomic E-state index is -0.642. The molecule has 0 aliphatic carbocycles. The zero-order chi connectivity index (χ0) is 15.4. The van der Waals surface area contributed by atoms with Crippen LogP contribution in [0.4, 0.5) is 10.1 Å². The lowest BCUT2D eigenvalue weighted by atomic mass is 10.0. The van der Waals surface area contributed by atoms with Gasteiger partial charge < -0.3 is 5.32 Å². The average Bonchev–Trinajstić information content (AvgIpc) is 3.20. The number of nitrogens with zero attached hydrogens (tertiary/aromatic N) is 3. The Morgan fingerprint density at radius 1 is 1.32 bits per heavy atom. The highest BCUT2D eigenvalue weighted by Gasteiger charge is 2.26. The van der Waals surface area contributed by atoms with Crippen LogP contribution < -0.4 is 5.32 Å². The van der Waals surface area contributed by atoms with E-state index >= 15 is 0 Å². The molecular formula is C14H12FN5OS. The number of nitrogens with one attached hydrogen (secondary N) is 2. The molecule has 0 aliphatic heterocycles. The maximum atomic E-state index is 13.7. The Hall–Kier alpha value is -2.61. The van der Waals surface area contributed by atoms with Crippen molar-refractivity contribution in [2.24, 2.45) is 0 Å². The number of halogens is 1. The van der Waals surface area contributed by atoms with Crippen LogP contribution in [0.25, 0.3) is 0 Å². The number of H-pyrrole nitrogens is 1. The van der Waals surface area contributed by atoms with E-state index in [-0.39, 0.29) is 17.4 Å². The summed E-state index contributed by atoms with van der Waals surface area (Å²) < 4.78 is 13.7. The Morgan fingerprint density at radius 2 is 2.18 bits per heavy atom.